The highest BCUT2D eigenvalue weighted by Crippen LogP contribution is 2.25. The van der Waals surface area contributed by atoms with Gasteiger partial charge in [0.15, 0.2) is 0 Å². The first-order valence-electron chi connectivity index (χ1n) is 7.01. The molecule has 2 aliphatic rings. The predicted molar refractivity (Wildman–Crippen MR) is 76.5 cm³/mol. The van der Waals surface area contributed by atoms with E-state index in [1.165, 1.54) is 7.05 Å². The van der Waals surface area contributed by atoms with Crippen molar-refractivity contribution in [2.75, 3.05) is 12.4 Å². The highest BCUT2D eigenvalue weighted by Gasteiger charge is 2.35. The van der Waals surface area contributed by atoms with Gasteiger partial charge >= 0.3 is 0 Å². The average molecular weight is 287 g/mol. The number of imide groups is 1. The quantitative estimate of drug-likeness (QED) is 0.766. The van der Waals surface area contributed by atoms with Gasteiger partial charge in [-0.1, -0.05) is 18.2 Å². The van der Waals surface area contributed by atoms with E-state index in [4.69, 9.17) is 0 Å². The molecule has 1 aromatic carbocycles. The molecule has 0 aromatic heterocycles. The minimum atomic E-state index is -0.606. The molecule has 21 heavy (non-hydrogen) atoms. The number of carbonyl (C=O) groups is 3. The molecule has 6 nitrogen and oxygen atoms in total. The zero-order valence-corrected chi connectivity index (χ0v) is 11.8. The molecule has 3 amide bonds. The van der Waals surface area contributed by atoms with Gasteiger partial charge in [0.2, 0.25) is 11.8 Å². The van der Waals surface area contributed by atoms with Crippen LogP contribution in [0, 0.1) is 0 Å². The molecular formula is C15H17N3O3. The van der Waals surface area contributed by atoms with Crippen LogP contribution in [0.4, 0.5) is 5.69 Å². The van der Waals surface area contributed by atoms with Gasteiger partial charge in [-0.3, -0.25) is 19.3 Å². The summed E-state index contributed by atoms with van der Waals surface area (Å²) in [5, 5.41) is 5.91. The maximum absolute atomic E-state index is 12.3. The summed E-state index contributed by atoms with van der Waals surface area (Å²) >= 11 is 0. The lowest BCUT2D eigenvalue weighted by molar-refractivity contribution is -0.149. The number of hydrogen-bond acceptors (Lipinski definition) is 4. The van der Waals surface area contributed by atoms with Crippen molar-refractivity contribution in [1.82, 2.24) is 10.2 Å². The SMILES string of the molecule is CN1C(=O)CCC(NC(=O)C2Cc3ccccc3N2)C1=O. The second-order valence-electron chi connectivity index (χ2n) is 5.45. The van der Waals surface area contributed by atoms with E-state index < -0.39 is 6.04 Å². The molecule has 3 rings (SSSR count). The molecule has 110 valence electrons. The molecule has 6 heteroatoms. The zero-order chi connectivity index (χ0) is 15.0. The summed E-state index contributed by atoms with van der Waals surface area (Å²) in [6.07, 6.45) is 1.26. The fourth-order valence-electron chi connectivity index (χ4n) is 2.78. The summed E-state index contributed by atoms with van der Waals surface area (Å²) in [6.45, 7) is 0. The molecule has 2 N–H and O–H groups in total. The summed E-state index contributed by atoms with van der Waals surface area (Å²) < 4.78 is 0. The Hall–Kier alpha value is -2.37. The number of carbonyl (C=O) groups excluding carboxylic acids is 3. The van der Waals surface area contributed by atoms with Crippen molar-refractivity contribution in [3.63, 3.8) is 0 Å². The summed E-state index contributed by atoms with van der Waals surface area (Å²) in [5.74, 6) is -0.737. The molecule has 0 spiro atoms. The Bertz CT molecular complexity index is 589. The average Bonchev–Trinajstić information content (AvgIpc) is 2.92. The Balaban J connectivity index is 1.63. The van der Waals surface area contributed by atoms with Gasteiger partial charge in [0.05, 0.1) is 0 Å². The molecule has 1 saturated heterocycles. The van der Waals surface area contributed by atoms with Crippen LogP contribution in [0.15, 0.2) is 24.3 Å². The summed E-state index contributed by atoms with van der Waals surface area (Å²) in [5.41, 5.74) is 2.06. The van der Waals surface area contributed by atoms with E-state index in [1.807, 2.05) is 24.3 Å². The number of piperidine rings is 1. The predicted octanol–water partition coefficient (Wildman–Crippen LogP) is 0.287. The number of para-hydroxylation sites is 1. The third-order valence-corrected chi connectivity index (χ3v) is 4.05. The highest BCUT2D eigenvalue weighted by molar-refractivity contribution is 6.02. The highest BCUT2D eigenvalue weighted by atomic mass is 16.2. The van der Waals surface area contributed by atoms with E-state index in [1.54, 1.807) is 0 Å². The van der Waals surface area contributed by atoms with E-state index in [-0.39, 0.29) is 30.2 Å². The van der Waals surface area contributed by atoms with Crippen LogP contribution < -0.4 is 10.6 Å². The molecule has 2 unspecified atom stereocenters. The van der Waals surface area contributed by atoms with Crippen LogP contribution in [-0.4, -0.2) is 41.8 Å². The van der Waals surface area contributed by atoms with Crippen molar-refractivity contribution in [2.24, 2.45) is 0 Å². The minimum Gasteiger partial charge on any atom is -0.373 e. The molecule has 0 radical (unpaired) electrons. The topological polar surface area (TPSA) is 78.5 Å². The second kappa shape index (κ2) is 5.20. The number of hydrogen-bond donors (Lipinski definition) is 2. The van der Waals surface area contributed by atoms with Crippen LogP contribution in [-0.2, 0) is 20.8 Å². The number of likely N-dealkylation sites (N-methyl/N-ethyl adjacent to an activating group) is 1. The van der Waals surface area contributed by atoms with Crippen molar-refractivity contribution >= 4 is 23.4 Å². The van der Waals surface area contributed by atoms with Crippen molar-refractivity contribution in [2.45, 2.75) is 31.3 Å². The molecule has 1 aromatic rings. The van der Waals surface area contributed by atoms with Crippen LogP contribution in [0.25, 0.3) is 0 Å². The molecule has 0 saturated carbocycles. The smallest absolute Gasteiger partial charge is 0.251 e. The Kier molecular flexibility index (Phi) is 3.37. The van der Waals surface area contributed by atoms with E-state index >= 15 is 0 Å². The van der Waals surface area contributed by atoms with E-state index in [9.17, 15) is 14.4 Å². The normalized spacial score (nSPS) is 24.5. The number of nitrogens with one attached hydrogen (secondary N) is 2. The summed E-state index contributed by atoms with van der Waals surface area (Å²) in [6, 6.07) is 6.79. The Morgan fingerprint density at radius 2 is 2.10 bits per heavy atom. The maximum atomic E-state index is 12.3. The number of fused-ring (bicyclic) bond motifs is 1. The number of rotatable bonds is 2. The molecular weight excluding hydrogens is 270 g/mol. The fraction of sp³-hybridized carbons (Fsp3) is 0.400. The lowest BCUT2D eigenvalue weighted by atomic mass is 10.0. The number of amides is 3. The summed E-state index contributed by atoms with van der Waals surface area (Å²) in [7, 11) is 1.45. The van der Waals surface area contributed by atoms with Crippen LogP contribution in [0.1, 0.15) is 18.4 Å². The van der Waals surface area contributed by atoms with Gasteiger partial charge in [-0.2, -0.15) is 0 Å². The second-order valence-corrected chi connectivity index (χ2v) is 5.45. The molecule has 1 fully saturated rings. The third-order valence-electron chi connectivity index (χ3n) is 4.05. The van der Waals surface area contributed by atoms with Gasteiger partial charge in [-0.05, 0) is 18.1 Å². The van der Waals surface area contributed by atoms with Crippen LogP contribution >= 0.6 is 0 Å². The van der Waals surface area contributed by atoms with Gasteiger partial charge < -0.3 is 10.6 Å². The zero-order valence-electron chi connectivity index (χ0n) is 11.8. The Morgan fingerprint density at radius 3 is 2.86 bits per heavy atom. The standard InChI is InChI=1S/C15H17N3O3/c1-18-13(19)7-6-11(15(18)21)17-14(20)12-8-9-4-2-3-5-10(9)16-12/h2-5,11-12,16H,6-8H2,1H3,(H,17,20). The van der Waals surface area contributed by atoms with Gasteiger partial charge in [-0.15, -0.1) is 0 Å². The van der Waals surface area contributed by atoms with E-state index in [2.05, 4.69) is 10.6 Å². The molecule has 2 atom stereocenters. The van der Waals surface area contributed by atoms with Gasteiger partial charge in [-0.25, -0.2) is 0 Å². The van der Waals surface area contributed by atoms with Crippen molar-refractivity contribution < 1.29 is 14.4 Å². The lowest BCUT2D eigenvalue weighted by Gasteiger charge is -2.28. The van der Waals surface area contributed by atoms with Gasteiger partial charge in [0.25, 0.3) is 5.91 Å². The number of nitrogens with zero attached hydrogens (tertiary/aromatic N) is 1. The third kappa shape index (κ3) is 2.49. The number of anilines is 1. The molecule has 2 heterocycles. The van der Waals surface area contributed by atoms with E-state index in [0.717, 1.165) is 16.2 Å². The molecule has 2 aliphatic heterocycles. The minimum absolute atomic E-state index is 0.197. The van der Waals surface area contributed by atoms with Crippen LogP contribution in [0.5, 0.6) is 0 Å². The summed E-state index contributed by atoms with van der Waals surface area (Å²) in [4.78, 5) is 36.8. The number of likely N-dealkylation sites (tertiary alicyclic amines) is 1. The number of benzene rings is 1. The largest absolute Gasteiger partial charge is 0.373 e. The van der Waals surface area contributed by atoms with Crippen LogP contribution in [0.2, 0.25) is 0 Å². The van der Waals surface area contributed by atoms with Crippen molar-refractivity contribution in [3.8, 4) is 0 Å². The lowest BCUT2D eigenvalue weighted by Crippen LogP contribution is -2.55. The first-order valence-corrected chi connectivity index (χ1v) is 7.01. The first-order chi connectivity index (χ1) is 10.1. The fourth-order valence-corrected chi connectivity index (χ4v) is 2.78. The van der Waals surface area contributed by atoms with Crippen LogP contribution in [0.3, 0.4) is 0 Å². The van der Waals surface area contributed by atoms with Gasteiger partial charge in [0.1, 0.15) is 12.1 Å². The van der Waals surface area contributed by atoms with Crippen molar-refractivity contribution in [1.29, 1.82) is 0 Å². The first kappa shape index (κ1) is 13.6. The van der Waals surface area contributed by atoms with E-state index in [0.29, 0.717) is 12.8 Å². The molecule has 0 aliphatic carbocycles. The van der Waals surface area contributed by atoms with Gasteiger partial charge in [0, 0.05) is 25.6 Å². The maximum Gasteiger partial charge on any atom is 0.251 e. The molecule has 0 bridgehead atoms. The van der Waals surface area contributed by atoms with Crippen molar-refractivity contribution in [3.05, 3.63) is 29.8 Å². The monoisotopic (exact) mass is 287 g/mol. The Labute approximate surface area is 122 Å². The Morgan fingerprint density at radius 1 is 1.33 bits per heavy atom.